The van der Waals surface area contributed by atoms with E-state index >= 15 is 0 Å². The third kappa shape index (κ3) is 3.80. The standard InChI is InChI=1S/C18H22N6O2/c1-4-6-9-26-18-16-20-7-8-24(16)23-15(22-18)14-10-13(11-19-5-2)12-21-17(14)25-3/h4,7-8,10,12,19H,1,5-6,9,11H2,2-3H3. The highest BCUT2D eigenvalue weighted by Gasteiger charge is 2.16. The van der Waals surface area contributed by atoms with E-state index < -0.39 is 0 Å². The molecule has 3 aromatic rings. The normalized spacial score (nSPS) is 10.8. The Kier molecular flexibility index (Phi) is 5.75. The molecule has 0 unspecified atom stereocenters. The molecule has 26 heavy (non-hydrogen) atoms. The Morgan fingerprint density at radius 3 is 2.96 bits per heavy atom. The number of ether oxygens (including phenoxy) is 2. The zero-order valence-electron chi connectivity index (χ0n) is 15.0. The highest BCUT2D eigenvalue weighted by Crippen LogP contribution is 2.28. The van der Waals surface area contributed by atoms with Crippen molar-refractivity contribution in [1.29, 1.82) is 0 Å². The molecule has 0 bridgehead atoms. The zero-order valence-corrected chi connectivity index (χ0v) is 15.0. The highest BCUT2D eigenvalue weighted by molar-refractivity contribution is 5.64. The number of rotatable bonds is 9. The van der Waals surface area contributed by atoms with Crippen molar-refractivity contribution in [1.82, 2.24) is 29.9 Å². The van der Waals surface area contributed by atoms with Gasteiger partial charge in [0.05, 0.1) is 19.3 Å². The Hall–Kier alpha value is -3.00. The van der Waals surface area contributed by atoms with E-state index in [0.717, 1.165) is 18.5 Å². The molecule has 8 heteroatoms. The van der Waals surface area contributed by atoms with Gasteiger partial charge in [0.2, 0.25) is 11.5 Å². The summed E-state index contributed by atoms with van der Waals surface area (Å²) in [5.41, 5.74) is 2.28. The van der Waals surface area contributed by atoms with Crippen LogP contribution in [0.5, 0.6) is 11.8 Å². The van der Waals surface area contributed by atoms with Crippen LogP contribution in [0.25, 0.3) is 17.0 Å². The molecule has 0 aromatic carbocycles. The molecule has 0 saturated heterocycles. The van der Waals surface area contributed by atoms with Crippen LogP contribution in [0.4, 0.5) is 0 Å². The summed E-state index contributed by atoms with van der Waals surface area (Å²) in [6.07, 6.45) is 7.70. The summed E-state index contributed by atoms with van der Waals surface area (Å²) in [7, 11) is 1.58. The van der Waals surface area contributed by atoms with Crippen LogP contribution < -0.4 is 14.8 Å². The number of imidazole rings is 1. The quantitative estimate of drug-likeness (QED) is 0.466. The molecule has 3 aromatic heterocycles. The van der Waals surface area contributed by atoms with Crippen LogP contribution in [0.1, 0.15) is 18.9 Å². The second kappa shape index (κ2) is 8.39. The Bertz CT molecular complexity index is 893. The lowest BCUT2D eigenvalue weighted by molar-refractivity contribution is 0.313. The van der Waals surface area contributed by atoms with Crippen molar-refractivity contribution >= 4 is 5.65 Å². The molecule has 0 amide bonds. The summed E-state index contributed by atoms with van der Waals surface area (Å²) in [4.78, 5) is 13.2. The van der Waals surface area contributed by atoms with Crippen LogP contribution in [0.3, 0.4) is 0 Å². The van der Waals surface area contributed by atoms with Gasteiger partial charge >= 0.3 is 0 Å². The summed E-state index contributed by atoms with van der Waals surface area (Å²) >= 11 is 0. The van der Waals surface area contributed by atoms with Gasteiger partial charge in [-0.05, 0) is 24.6 Å². The highest BCUT2D eigenvalue weighted by atomic mass is 16.5. The van der Waals surface area contributed by atoms with E-state index in [4.69, 9.17) is 9.47 Å². The minimum atomic E-state index is 0.418. The smallest absolute Gasteiger partial charge is 0.261 e. The first-order chi connectivity index (χ1) is 12.8. The van der Waals surface area contributed by atoms with E-state index in [9.17, 15) is 0 Å². The number of hydrogen-bond acceptors (Lipinski definition) is 7. The average molecular weight is 354 g/mol. The third-order valence-electron chi connectivity index (χ3n) is 3.70. The van der Waals surface area contributed by atoms with Crippen LogP contribution >= 0.6 is 0 Å². The monoisotopic (exact) mass is 354 g/mol. The Labute approximate surface area is 151 Å². The fourth-order valence-electron chi connectivity index (χ4n) is 2.44. The van der Waals surface area contributed by atoms with Gasteiger partial charge in [-0.2, -0.15) is 4.98 Å². The van der Waals surface area contributed by atoms with Gasteiger partial charge in [0.1, 0.15) is 0 Å². The number of fused-ring (bicyclic) bond motifs is 1. The minimum Gasteiger partial charge on any atom is -0.480 e. The van der Waals surface area contributed by atoms with Crippen molar-refractivity contribution in [2.24, 2.45) is 0 Å². The molecular weight excluding hydrogens is 332 g/mol. The minimum absolute atomic E-state index is 0.418. The molecule has 1 N–H and O–H groups in total. The van der Waals surface area contributed by atoms with Gasteiger partial charge in [-0.3, -0.25) is 0 Å². The molecule has 0 aliphatic heterocycles. The lowest BCUT2D eigenvalue weighted by atomic mass is 10.2. The molecule has 0 radical (unpaired) electrons. The summed E-state index contributed by atoms with van der Waals surface area (Å²) in [6, 6.07) is 1.97. The van der Waals surface area contributed by atoms with E-state index in [1.54, 1.807) is 36.3 Å². The number of pyridine rings is 1. The van der Waals surface area contributed by atoms with E-state index in [1.807, 2.05) is 6.07 Å². The molecular formula is C18H22N6O2. The SMILES string of the molecule is C=CCCOc1nc(-c2cc(CNCC)cnc2OC)nn2ccnc12. The van der Waals surface area contributed by atoms with Crippen molar-refractivity contribution in [3.8, 4) is 23.1 Å². The Balaban J connectivity index is 2.04. The van der Waals surface area contributed by atoms with Gasteiger partial charge in [-0.1, -0.05) is 13.0 Å². The van der Waals surface area contributed by atoms with Gasteiger partial charge in [0.15, 0.2) is 5.82 Å². The van der Waals surface area contributed by atoms with E-state index in [2.05, 4.69) is 38.9 Å². The third-order valence-corrected chi connectivity index (χ3v) is 3.70. The first-order valence-electron chi connectivity index (χ1n) is 8.46. The first kappa shape index (κ1) is 17.8. The maximum absolute atomic E-state index is 5.77. The number of nitrogens with zero attached hydrogens (tertiary/aromatic N) is 5. The van der Waals surface area contributed by atoms with Gasteiger partial charge in [0, 0.05) is 25.1 Å². The number of aromatic nitrogens is 5. The number of nitrogens with one attached hydrogen (secondary N) is 1. The lowest BCUT2D eigenvalue weighted by Crippen LogP contribution is -2.12. The summed E-state index contributed by atoms with van der Waals surface area (Å²) in [5, 5.41) is 7.81. The maximum Gasteiger partial charge on any atom is 0.261 e. The van der Waals surface area contributed by atoms with Crippen LogP contribution in [0.15, 0.2) is 37.3 Å². The van der Waals surface area contributed by atoms with Gasteiger partial charge < -0.3 is 14.8 Å². The van der Waals surface area contributed by atoms with Crippen LogP contribution in [0.2, 0.25) is 0 Å². The molecule has 0 atom stereocenters. The lowest BCUT2D eigenvalue weighted by Gasteiger charge is -2.11. The molecule has 0 saturated carbocycles. The Morgan fingerprint density at radius 2 is 2.19 bits per heavy atom. The van der Waals surface area contributed by atoms with Crippen LogP contribution in [-0.4, -0.2) is 44.8 Å². The average Bonchev–Trinajstić information content (AvgIpc) is 3.15. The summed E-state index contributed by atoms with van der Waals surface area (Å²) < 4.78 is 12.8. The fourth-order valence-corrected chi connectivity index (χ4v) is 2.44. The largest absolute Gasteiger partial charge is 0.480 e. The summed E-state index contributed by atoms with van der Waals surface area (Å²) in [5.74, 6) is 1.34. The number of hydrogen-bond donors (Lipinski definition) is 1. The number of methoxy groups -OCH3 is 1. The molecule has 3 rings (SSSR count). The van der Waals surface area contributed by atoms with Gasteiger partial charge in [-0.15, -0.1) is 11.7 Å². The predicted molar refractivity (Wildman–Crippen MR) is 98.3 cm³/mol. The molecule has 0 fully saturated rings. The fraction of sp³-hybridized carbons (Fsp3) is 0.333. The van der Waals surface area contributed by atoms with E-state index in [1.165, 1.54) is 0 Å². The van der Waals surface area contributed by atoms with Crippen LogP contribution in [0, 0.1) is 0 Å². The predicted octanol–water partition coefficient (Wildman–Crippen LogP) is 2.26. The van der Waals surface area contributed by atoms with Crippen molar-refractivity contribution in [2.75, 3.05) is 20.3 Å². The second-order valence-electron chi connectivity index (χ2n) is 5.54. The van der Waals surface area contributed by atoms with Gasteiger partial charge in [0.25, 0.3) is 5.88 Å². The van der Waals surface area contributed by atoms with Crippen molar-refractivity contribution in [3.63, 3.8) is 0 Å². The Morgan fingerprint density at radius 1 is 1.31 bits per heavy atom. The summed E-state index contributed by atoms with van der Waals surface area (Å²) in [6.45, 7) is 7.81. The first-order valence-corrected chi connectivity index (χ1v) is 8.46. The molecule has 0 spiro atoms. The van der Waals surface area contributed by atoms with E-state index in [0.29, 0.717) is 41.9 Å². The molecule has 8 nitrogen and oxygen atoms in total. The van der Waals surface area contributed by atoms with E-state index in [-0.39, 0.29) is 0 Å². The molecule has 0 aliphatic rings. The maximum atomic E-state index is 5.77. The topological polar surface area (TPSA) is 86.5 Å². The van der Waals surface area contributed by atoms with Crippen molar-refractivity contribution < 1.29 is 9.47 Å². The van der Waals surface area contributed by atoms with Crippen molar-refractivity contribution in [2.45, 2.75) is 19.9 Å². The second-order valence-corrected chi connectivity index (χ2v) is 5.54. The zero-order chi connectivity index (χ0) is 18.4. The van der Waals surface area contributed by atoms with Gasteiger partial charge in [-0.25, -0.2) is 14.5 Å². The van der Waals surface area contributed by atoms with Crippen LogP contribution in [-0.2, 0) is 6.54 Å². The molecule has 3 heterocycles. The molecule has 136 valence electrons. The molecule has 0 aliphatic carbocycles. The van der Waals surface area contributed by atoms with Crippen molar-refractivity contribution in [3.05, 3.63) is 42.9 Å².